The highest BCUT2D eigenvalue weighted by molar-refractivity contribution is 6.18. The van der Waals surface area contributed by atoms with Crippen molar-refractivity contribution in [2.24, 2.45) is 0 Å². The number of furan rings is 1. The highest BCUT2D eigenvalue weighted by atomic mass is 35.5. The number of aromatic nitrogens is 1. The number of aryl methyl sites for hydroxylation is 1. The van der Waals surface area contributed by atoms with Crippen molar-refractivity contribution in [3.63, 3.8) is 0 Å². The van der Waals surface area contributed by atoms with Gasteiger partial charge in [-0.05, 0) is 54.4 Å². The number of amides is 2. The van der Waals surface area contributed by atoms with E-state index in [1.165, 1.54) is 6.07 Å². The van der Waals surface area contributed by atoms with Crippen molar-refractivity contribution in [2.75, 3.05) is 16.5 Å². The molecule has 0 atom stereocenters. The van der Waals surface area contributed by atoms with Crippen LogP contribution in [-0.2, 0) is 6.42 Å². The Hall–Kier alpha value is -4.23. The van der Waals surface area contributed by atoms with E-state index in [1.54, 1.807) is 48.5 Å². The number of phenolic OH excluding ortho intramolecular Hbond substituents is 1. The number of hydrogen-bond acceptors (Lipinski definition) is 4. The summed E-state index contributed by atoms with van der Waals surface area (Å²) in [4.78, 5) is 28.6. The zero-order valence-corrected chi connectivity index (χ0v) is 18.6. The van der Waals surface area contributed by atoms with E-state index in [-0.39, 0.29) is 23.3 Å². The number of anilines is 2. The molecule has 0 spiro atoms. The van der Waals surface area contributed by atoms with Gasteiger partial charge in [0.2, 0.25) is 0 Å². The first-order valence-electron chi connectivity index (χ1n) is 10.6. The van der Waals surface area contributed by atoms with E-state index < -0.39 is 0 Å². The van der Waals surface area contributed by atoms with Crippen LogP contribution in [0.5, 0.6) is 5.75 Å². The molecule has 5 rings (SSSR count). The van der Waals surface area contributed by atoms with Gasteiger partial charge in [-0.3, -0.25) is 9.59 Å². The summed E-state index contributed by atoms with van der Waals surface area (Å²) in [6.07, 6.45) is 0.554. The van der Waals surface area contributed by atoms with E-state index in [1.807, 2.05) is 18.2 Å². The van der Waals surface area contributed by atoms with E-state index >= 15 is 0 Å². The van der Waals surface area contributed by atoms with Crippen LogP contribution in [0.1, 0.15) is 26.6 Å². The minimum Gasteiger partial charge on any atom is -0.508 e. The lowest BCUT2D eigenvalue weighted by molar-refractivity contribution is 0.0996. The van der Waals surface area contributed by atoms with Crippen LogP contribution in [0.15, 0.2) is 77.2 Å². The first-order chi connectivity index (χ1) is 16.5. The Balaban J connectivity index is 1.35. The van der Waals surface area contributed by atoms with Gasteiger partial charge in [0.1, 0.15) is 17.0 Å². The van der Waals surface area contributed by atoms with Crippen LogP contribution in [0.2, 0.25) is 0 Å². The summed E-state index contributed by atoms with van der Waals surface area (Å²) < 4.78 is 5.62. The van der Waals surface area contributed by atoms with Crippen molar-refractivity contribution in [1.29, 1.82) is 0 Å². The molecule has 0 aliphatic rings. The Morgan fingerprint density at radius 3 is 2.59 bits per heavy atom. The Morgan fingerprint density at radius 2 is 1.76 bits per heavy atom. The number of aromatic hydroxyl groups is 1. The predicted octanol–water partition coefficient (Wildman–Crippen LogP) is 5.91. The fraction of sp³-hybridized carbons (Fsp3) is 0.0769. The molecule has 170 valence electrons. The fourth-order valence-electron chi connectivity index (χ4n) is 3.81. The topological polar surface area (TPSA) is 107 Å². The minimum absolute atomic E-state index is 0.0510. The van der Waals surface area contributed by atoms with Crippen molar-refractivity contribution < 1.29 is 19.1 Å². The number of alkyl halides is 1. The number of benzene rings is 3. The maximum absolute atomic E-state index is 12.8. The molecule has 2 aromatic heterocycles. The number of H-pyrrole nitrogens is 1. The molecule has 7 nitrogen and oxygen atoms in total. The molecule has 0 aliphatic heterocycles. The summed E-state index contributed by atoms with van der Waals surface area (Å²) in [5, 5.41) is 17.1. The molecule has 5 aromatic rings. The molecule has 0 radical (unpaired) electrons. The number of carbonyl (C=O) groups is 2. The Morgan fingerprint density at radius 1 is 0.912 bits per heavy atom. The van der Waals surface area contributed by atoms with Crippen molar-refractivity contribution in [3.05, 3.63) is 89.8 Å². The molecular formula is C26H20ClN3O4. The van der Waals surface area contributed by atoms with Gasteiger partial charge >= 0.3 is 0 Å². The number of para-hydroxylation sites is 1. The van der Waals surface area contributed by atoms with Gasteiger partial charge < -0.3 is 25.1 Å². The van der Waals surface area contributed by atoms with Crippen molar-refractivity contribution in [3.8, 4) is 5.75 Å². The SMILES string of the molecule is O=C(Nc1cc(O)ccc1CCCl)c1cc2cc(NC(=O)c3cc4ccccc4o3)ccc2[nH]1. The van der Waals surface area contributed by atoms with Gasteiger partial charge in [0.25, 0.3) is 11.8 Å². The quantitative estimate of drug-likeness (QED) is 0.230. The lowest BCUT2D eigenvalue weighted by Gasteiger charge is -2.10. The summed E-state index contributed by atoms with van der Waals surface area (Å²) in [5.41, 5.74) is 3.63. The van der Waals surface area contributed by atoms with Gasteiger partial charge in [-0.15, -0.1) is 11.6 Å². The summed E-state index contributed by atoms with van der Waals surface area (Å²) in [5.74, 6) is -0.0580. The normalized spacial score (nSPS) is 11.1. The Kier molecular flexibility index (Phi) is 5.69. The molecule has 4 N–H and O–H groups in total. The van der Waals surface area contributed by atoms with Gasteiger partial charge in [0, 0.05) is 39.6 Å². The molecule has 0 fully saturated rings. The number of hydrogen-bond donors (Lipinski definition) is 4. The largest absolute Gasteiger partial charge is 0.508 e. The van der Waals surface area contributed by atoms with E-state index in [0.29, 0.717) is 35.0 Å². The molecule has 0 saturated heterocycles. The van der Waals surface area contributed by atoms with Gasteiger partial charge in [-0.25, -0.2) is 0 Å². The molecule has 0 aliphatic carbocycles. The van der Waals surface area contributed by atoms with Crippen molar-refractivity contribution >= 4 is 56.7 Å². The van der Waals surface area contributed by atoms with Crippen LogP contribution >= 0.6 is 11.6 Å². The standard InChI is InChI=1S/C26H20ClN3O4/c27-10-9-15-5-7-19(31)14-21(15)30-25(32)22-12-17-11-18(6-8-20(17)29-22)28-26(33)24-13-16-3-1-2-4-23(16)34-24/h1-8,11-14,29,31H,9-10H2,(H,28,33)(H,30,32). The maximum atomic E-state index is 12.8. The second-order valence-corrected chi connectivity index (χ2v) is 8.20. The van der Waals surface area contributed by atoms with Gasteiger partial charge in [0.15, 0.2) is 5.76 Å². The summed E-state index contributed by atoms with van der Waals surface area (Å²) in [6, 6.07) is 20.9. The molecule has 3 aromatic carbocycles. The Bertz CT molecular complexity index is 1500. The Labute approximate surface area is 199 Å². The summed E-state index contributed by atoms with van der Waals surface area (Å²) >= 11 is 5.85. The van der Waals surface area contributed by atoms with E-state index in [9.17, 15) is 14.7 Å². The van der Waals surface area contributed by atoms with E-state index in [2.05, 4.69) is 15.6 Å². The highest BCUT2D eigenvalue weighted by Gasteiger charge is 2.15. The van der Waals surface area contributed by atoms with E-state index in [0.717, 1.165) is 21.9 Å². The second-order valence-electron chi connectivity index (χ2n) is 7.82. The lowest BCUT2D eigenvalue weighted by atomic mass is 10.1. The third kappa shape index (κ3) is 4.33. The third-order valence-corrected chi connectivity index (χ3v) is 5.67. The summed E-state index contributed by atoms with van der Waals surface area (Å²) in [6.45, 7) is 0. The van der Waals surface area contributed by atoms with Crippen LogP contribution in [0.4, 0.5) is 11.4 Å². The first kappa shape index (κ1) is 21.6. The van der Waals surface area contributed by atoms with Gasteiger partial charge in [-0.2, -0.15) is 0 Å². The number of nitrogens with one attached hydrogen (secondary N) is 3. The van der Waals surface area contributed by atoms with Crippen LogP contribution < -0.4 is 10.6 Å². The number of fused-ring (bicyclic) bond motifs is 2. The molecule has 0 saturated carbocycles. The second kappa shape index (κ2) is 8.96. The first-order valence-corrected chi connectivity index (χ1v) is 11.2. The lowest BCUT2D eigenvalue weighted by Crippen LogP contribution is -2.13. The fourth-order valence-corrected chi connectivity index (χ4v) is 4.01. The van der Waals surface area contributed by atoms with Crippen LogP contribution in [0, 0.1) is 0 Å². The number of phenols is 1. The number of halogens is 1. The number of rotatable bonds is 6. The zero-order chi connectivity index (χ0) is 23.7. The predicted molar refractivity (Wildman–Crippen MR) is 133 cm³/mol. The van der Waals surface area contributed by atoms with Gasteiger partial charge in [0.05, 0.1) is 0 Å². The molecule has 2 heterocycles. The smallest absolute Gasteiger partial charge is 0.291 e. The monoisotopic (exact) mass is 473 g/mol. The third-order valence-electron chi connectivity index (χ3n) is 5.48. The van der Waals surface area contributed by atoms with Crippen LogP contribution in [0.25, 0.3) is 21.9 Å². The number of aromatic amines is 1. The van der Waals surface area contributed by atoms with Crippen molar-refractivity contribution in [2.45, 2.75) is 6.42 Å². The highest BCUT2D eigenvalue weighted by Crippen LogP contribution is 2.26. The van der Waals surface area contributed by atoms with E-state index in [4.69, 9.17) is 16.0 Å². The van der Waals surface area contributed by atoms with Crippen LogP contribution in [0.3, 0.4) is 0 Å². The summed E-state index contributed by atoms with van der Waals surface area (Å²) in [7, 11) is 0. The molecule has 8 heteroatoms. The number of carbonyl (C=O) groups excluding carboxylic acids is 2. The molecule has 0 bridgehead atoms. The maximum Gasteiger partial charge on any atom is 0.291 e. The van der Waals surface area contributed by atoms with Crippen molar-refractivity contribution in [1.82, 2.24) is 4.98 Å². The minimum atomic E-state index is -0.361. The zero-order valence-electron chi connectivity index (χ0n) is 17.9. The van der Waals surface area contributed by atoms with Gasteiger partial charge in [-0.1, -0.05) is 24.3 Å². The molecule has 2 amide bonds. The van der Waals surface area contributed by atoms with Crippen LogP contribution in [-0.4, -0.2) is 27.8 Å². The average molecular weight is 474 g/mol. The molecule has 0 unspecified atom stereocenters. The average Bonchev–Trinajstić information content (AvgIpc) is 3.45. The molecule has 34 heavy (non-hydrogen) atoms. The molecular weight excluding hydrogens is 454 g/mol.